The summed E-state index contributed by atoms with van der Waals surface area (Å²) >= 11 is 0. The van der Waals surface area contributed by atoms with E-state index < -0.39 is 0 Å². The molecule has 0 aromatic rings. The summed E-state index contributed by atoms with van der Waals surface area (Å²) in [7, 11) is 2.00. The topological polar surface area (TPSA) is 53.2 Å². The van der Waals surface area contributed by atoms with Gasteiger partial charge in [0.25, 0.3) is 0 Å². The van der Waals surface area contributed by atoms with Crippen LogP contribution >= 0.6 is 0 Å². The maximum Gasteiger partial charge on any atom is 0.224 e. The molecule has 0 aromatic carbocycles. The molecule has 0 bridgehead atoms. The van der Waals surface area contributed by atoms with Gasteiger partial charge in [-0.2, -0.15) is 0 Å². The molecular formula is C12H23N3O. The molecule has 4 heteroatoms. The Morgan fingerprint density at radius 1 is 1.25 bits per heavy atom. The highest BCUT2D eigenvalue weighted by Gasteiger charge is 2.27. The monoisotopic (exact) mass is 225 g/mol. The first-order chi connectivity index (χ1) is 7.79. The van der Waals surface area contributed by atoms with E-state index in [1.807, 2.05) is 7.05 Å². The fourth-order valence-corrected chi connectivity index (χ4v) is 2.77. The van der Waals surface area contributed by atoms with E-state index in [2.05, 4.69) is 16.0 Å². The third-order valence-corrected chi connectivity index (χ3v) is 3.85. The molecule has 1 aliphatic carbocycles. The van der Waals surface area contributed by atoms with Crippen molar-refractivity contribution in [1.82, 2.24) is 16.0 Å². The van der Waals surface area contributed by atoms with Gasteiger partial charge in [0.15, 0.2) is 0 Å². The molecule has 92 valence electrons. The highest BCUT2D eigenvalue weighted by atomic mass is 16.2. The molecular weight excluding hydrogens is 202 g/mol. The summed E-state index contributed by atoms with van der Waals surface area (Å²) in [5, 5.41) is 9.76. The quantitative estimate of drug-likeness (QED) is 0.645. The van der Waals surface area contributed by atoms with Crippen LogP contribution in [0.3, 0.4) is 0 Å². The van der Waals surface area contributed by atoms with Crippen LogP contribution in [-0.4, -0.2) is 38.1 Å². The molecule has 1 saturated heterocycles. The van der Waals surface area contributed by atoms with Crippen LogP contribution in [0.15, 0.2) is 0 Å². The second-order valence-corrected chi connectivity index (χ2v) is 5.05. The first-order valence-corrected chi connectivity index (χ1v) is 6.48. The van der Waals surface area contributed by atoms with Crippen molar-refractivity contribution < 1.29 is 4.79 Å². The van der Waals surface area contributed by atoms with Crippen LogP contribution in [0, 0.1) is 5.92 Å². The Kier molecular flexibility index (Phi) is 4.18. The fourth-order valence-electron chi connectivity index (χ4n) is 2.77. The molecule has 1 heterocycles. The van der Waals surface area contributed by atoms with Gasteiger partial charge in [0.2, 0.25) is 5.91 Å². The summed E-state index contributed by atoms with van der Waals surface area (Å²) in [6.07, 6.45) is 5.56. The number of hydrogen-bond donors (Lipinski definition) is 3. The van der Waals surface area contributed by atoms with Crippen LogP contribution < -0.4 is 16.0 Å². The van der Waals surface area contributed by atoms with Gasteiger partial charge in [-0.25, -0.2) is 0 Å². The van der Waals surface area contributed by atoms with E-state index in [1.54, 1.807) is 0 Å². The zero-order valence-corrected chi connectivity index (χ0v) is 10.1. The van der Waals surface area contributed by atoms with Crippen molar-refractivity contribution in [3.05, 3.63) is 0 Å². The molecule has 2 aliphatic rings. The smallest absolute Gasteiger partial charge is 0.224 e. The number of piperidine rings is 1. The average Bonchev–Trinajstić information content (AvgIpc) is 2.78. The normalized spacial score (nSPS) is 34.9. The Bertz CT molecular complexity index is 238. The number of carbonyl (C=O) groups is 1. The summed E-state index contributed by atoms with van der Waals surface area (Å²) in [6.45, 7) is 1.92. The molecule has 0 spiro atoms. The predicted molar refractivity (Wildman–Crippen MR) is 64.2 cm³/mol. The van der Waals surface area contributed by atoms with Crippen molar-refractivity contribution in [3.8, 4) is 0 Å². The van der Waals surface area contributed by atoms with Crippen LogP contribution in [0.5, 0.6) is 0 Å². The van der Waals surface area contributed by atoms with Gasteiger partial charge in [-0.05, 0) is 45.7 Å². The van der Waals surface area contributed by atoms with E-state index in [4.69, 9.17) is 0 Å². The minimum Gasteiger partial charge on any atom is -0.353 e. The number of nitrogens with one attached hydrogen (secondary N) is 3. The molecule has 1 aliphatic heterocycles. The van der Waals surface area contributed by atoms with Crippen molar-refractivity contribution in [3.63, 3.8) is 0 Å². The second kappa shape index (κ2) is 5.64. The standard InChI is InChI=1S/C12H23N3O/c1-13-10-4-5-11(7-10)15-12(16)9-3-2-6-14-8-9/h9-11,13-14H,2-8H2,1H3,(H,15,16). The van der Waals surface area contributed by atoms with Crippen LogP contribution in [-0.2, 0) is 4.79 Å². The SMILES string of the molecule is CNC1CCC(NC(=O)C2CCCNC2)C1. The van der Waals surface area contributed by atoms with Crippen LogP contribution in [0.1, 0.15) is 32.1 Å². The van der Waals surface area contributed by atoms with Gasteiger partial charge in [-0.1, -0.05) is 0 Å². The van der Waals surface area contributed by atoms with Gasteiger partial charge < -0.3 is 16.0 Å². The van der Waals surface area contributed by atoms with Crippen molar-refractivity contribution in [1.29, 1.82) is 0 Å². The Morgan fingerprint density at radius 3 is 2.69 bits per heavy atom. The summed E-state index contributed by atoms with van der Waals surface area (Å²) in [4.78, 5) is 12.0. The first kappa shape index (κ1) is 11.9. The second-order valence-electron chi connectivity index (χ2n) is 5.05. The van der Waals surface area contributed by atoms with Crippen LogP contribution in [0.2, 0.25) is 0 Å². The fraction of sp³-hybridized carbons (Fsp3) is 0.917. The molecule has 3 atom stereocenters. The minimum atomic E-state index is 0.197. The molecule has 2 rings (SSSR count). The van der Waals surface area contributed by atoms with Crippen molar-refractivity contribution in [2.75, 3.05) is 20.1 Å². The number of carbonyl (C=O) groups excluding carboxylic acids is 1. The largest absolute Gasteiger partial charge is 0.353 e. The van der Waals surface area contributed by atoms with E-state index in [0.717, 1.165) is 38.8 Å². The Balaban J connectivity index is 1.74. The van der Waals surface area contributed by atoms with E-state index in [-0.39, 0.29) is 11.8 Å². The van der Waals surface area contributed by atoms with Gasteiger partial charge in [0.05, 0.1) is 5.92 Å². The third kappa shape index (κ3) is 2.95. The highest BCUT2D eigenvalue weighted by molar-refractivity contribution is 5.79. The zero-order chi connectivity index (χ0) is 11.4. The lowest BCUT2D eigenvalue weighted by atomic mass is 9.98. The number of rotatable bonds is 3. The first-order valence-electron chi connectivity index (χ1n) is 6.48. The lowest BCUT2D eigenvalue weighted by Gasteiger charge is -2.24. The molecule has 0 radical (unpaired) electrons. The lowest BCUT2D eigenvalue weighted by molar-refractivity contribution is -0.126. The molecule has 2 fully saturated rings. The Labute approximate surface area is 97.6 Å². The Morgan fingerprint density at radius 2 is 2.06 bits per heavy atom. The molecule has 4 nitrogen and oxygen atoms in total. The van der Waals surface area contributed by atoms with E-state index in [9.17, 15) is 4.79 Å². The number of hydrogen-bond acceptors (Lipinski definition) is 3. The van der Waals surface area contributed by atoms with Crippen molar-refractivity contribution >= 4 is 5.91 Å². The van der Waals surface area contributed by atoms with Gasteiger partial charge in [-0.15, -0.1) is 0 Å². The molecule has 16 heavy (non-hydrogen) atoms. The highest BCUT2D eigenvalue weighted by Crippen LogP contribution is 2.20. The minimum absolute atomic E-state index is 0.197. The van der Waals surface area contributed by atoms with Gasteiger partial charge in [0, 0.05) is 18.6 Å². The maximum atomic E-state index is 12.0. The zero-order valence-electron chi connectivity index (χ0n) is 10.1. The molecule has 1 amide bonds. The predicted octanol–water partition coefficient (Wildman–Crippen LogP) is 0.243. The van der Waals surface area contributed by atoms with E-state index in [0.29, 0.717) is 12.1 Å². The van der Waals surface area contributed by atoms with E-state index >= 15 is 0 Å². The van der Waals surface area contributed by atoms with Gasteiger partial charge >= 0.3 is 0 Å². The number of amides is 1. The van der Waals surface area contributed by atoms with Crippen LogP contribution in [0.4, 0.5) is 0 Å². The molecule has 1 saturated carbocycles. The van der Waals surface area contributed by atoms with Crippen molar-refractivity contribution in [2.24, 2.45) is 5.92 Å². The summed E-state index contributed by atoms with van der Waals surface area (Å²) in [5.41, 5.74) is 0. The van der Waals surface area contributed by atoms with Crippen LogP contribution in [0.25, 0.3) is 0 Å². The molecule has 3 N–H and O–H groups in total. The third-order valence-electron chi connectivity index (χ3n) is 3.85. The van der Waals surface area contributed by atoms with E-state index in [1.165, 1.54) is 6.42 Å². The lowest BCUT2D eigenvalue weighted by Crippen LogP contribution is -2.44. The summed E-state index contributed by atoms with van der Waals surface area (Å²) in [6, 6.07) is 0.988. The van der Waals surface area contributed by atoms with Gasteiger partial charge in [0.1, 0.15) is 0 Å². The molecule has 0 aromatic heterocycles. The van der Waals surface area contributed by atoms with Gasteiger partial charge in [-0.3, -0.25) is 4.79 Å². The summed E-state index contributed by atoms with van der Waals surface area (Å²) < 4.78 is 0. The average molecular weight is 225 g/mol. The van der Waals surface area contributed by atoms with Crippen molar-refractivity contribution in [2.45, 2.75) is 44.2 Å². The summed E-state index contributed by atoms with van der Waals surface area (Å²) in [5.74, 6) is 0.455. The Hall–Kier alpha value is -0.610. The molecule has 3 unspecified atom stereocenters. The maximum absolute atomic E-state index is 12.0.